The van der Waals surface area contributed by atoms with Gasteiger partial charge in [-0.05, 0) is 23.3 Å². The van der Waals surface area contributed by atoms with Gasteiger partial charge in [-0.3, -0.25) is 4.79 Å². The molecule has 2 aromatic rings. The number of rotatable bonds is 5. The lowest BCUT2D eigenvalue weighted by Crippen LogP contribution is -2.28. The van der Waals surface area contributed by atoms with Crippen molar-refractivity contribution >= 4 is 11.7 Å². The molecule has 1 unspecified atom stereocenters. The Hall–Kier alpha value is -2.71. The van der Waals surface area contributed by atoms with Gasteiger partial charge in [-0.25, -0.2) is 4.63 Å². The average molecular weight is 298 g/mol. The third-order valence-corrected chi connectivity index (χ3v) is 2.68. The van der Waals surface area contributed by atoms with Crippen LogP contribution in [0.2, 0.25) is 0 Å². The molecule has 0 aliphatic rings. The minimum Gasteiger partial charge on any atom is -0.434 e. The van der Waals surface area contributed by atoms with Crippen molar-refractivity contribution in [2.75, 3.05) is 5.73 Å². The van der Waals surface area contributed by atoms with E-state index in [1.807, 2.05) is 0 Å². The summed E-state index contributed by atoms with van der Waals surface area (Å²) in [6.45, 7) is -1.35. The molecule has 0 saturated heterocycles. The number of aromatic nitrogens is 2. The van der Waals surface area contributed by atoms with E-state index < -0.39 is 18.6 Å². The molecule has 112 valence electrons. The molecule has 3 N–H and O–H groups in total. The van der Waals surface area contributed by atoms with E-state index in [0.717, 1.165) is 0 Å². The van der Waals surface area contributed by atoms with Crippen molar-refractivity contribution in [3.63, 3.8) is 0 Å². The number of nitrogens with one attached hydrogen (secondary N) is 1. The van der Waals surface area contributed by atoms with Crippen LogP contribution in [0.3, 0.4) is 0 Å². The van der Waals surface area contributed by atoms with Crippen LogP contribution in [0.1, 0.15) is 29.0 Å². The lowest BCUT2D eigenvalue weighted by atomic mass is 10.1. The van der Waals surface area contributed by atoms with Crippen molar-refractivity contribution in [1.82, 2.24) is 15.6 Å². The number of alkyl halides is 2. The molecule has 2 rings (SSSR count). The molecule has 0 aliphatic carbocycles. The number of hydrogen-bond acceptors (Lipinski definition) is 6. The summed E-state index contributed by atoms with van der Waals surface area (Å²) in [4.78, 5) is 11.9. The topological polar surface area (TPSA) is 103 Å². The highest BCUT2D eigenvalue weighted by molar-refractivity contribution is 5.96. The Labute approximate surface area is 118 Å². The largest absolute Gasteiger partial charge is 0.434 e. The number of carbonyl (C=O) groups is 1. The second-order valence-electron chi connectivity index (χ2n) is 4.11. The third kappa shape index (κ3) is 3.44. The van der Waals surface area contributed by atoms with Crippen molar-refractivity contribution in [1.29, 1.82) is 0 Å². The molecule has 7 nitrogen and oxygen atoms in total. The number of anilines is 1. The van der Waals surface area contributed by atoms with E-state index in [1.54, 1.807) is 25.1 Å². The van der Waals surface area contributed by atoms with E-state index >= 15 is 0 Å². The van der Waals surface area contributed by atoms with E-state index in [9.17, 15) is 13.6 Å². The Bertz CT molecular complexity index is 632. The van der Waals surface area contributed by atoms with E-state index in [1.165, 1.54) is 6.07 Å². The fraction of sp³-hybridized carbons (Fsp3) is 0.250. The predicted octanol–water partition coefficient (Wildman–Crippen LogP) is 1.74. The van der Waals surface area contributed by atoms with E-state index in [-0.39, 0.29) is 17.3 Å². The van der Waals surface area contributed by atoms with Gasteiger partial charge in [0.15, 0.2) is 0 Å². The Morgan fingerprint density at radius 1 is 1.38 bits per heavy atom. The summed E-state index contributed by atoms with van der Waals surface area (Å²) >= 11 is 0. The standard InChI is InChI=1S/C12H12F2N4O3/c1-6(16-11(19)9-10(15)18-21-17-9)7-4-2-3-5-8(7)20-12(13)14/h2-6,12H,1H3,(H2,15,18)(H,16,19). The average Bonchev–Trinajstić information content (AvgIpc) is 2.85. The third-order valence-electron chi connectivity index (χ3n) is 2.68. The highest BCUT2D eigenvalue weighted by atomic mass is 19.3. The maximum atomic E-state index is 12.3. The number of para-hydroxylation sites is 1. The van der Waals surface area contributed by atoms with Gasteiger partial charge < -0.3 is 15.8 Å². The summed E-state index contributed by atoms with van der Waals surface area (Å²) in [5, 5.41) is 9.19. The quantitative estimate of drug-likeness (QED) is 0.871. The number of benzene rings is 1. The second-order valence-corrected chi connectivity index (χ2v) is 4.11. The number of amides is 1. The molecule has 0 spiro atoms. The van der Waals surface area contributed by atoms with Gasteiger partial charge >= 0.3 is 6.61 Å². The molecule has 1 atom stereocenters. The summed E-state index contributed by atoms with van der Waals surface area (Å²) in [6, 6.07) is 5.53. The van der Waals surface area contributed by atoms with Crippen molar-refractivity contribution in [3.8, 4) is 5.75 Å². The lowest BCUT2D eigenvalue weighted by Gasteiger charge is -2.17. The van der Waals surface area contributed by atoms with Crippen molar-refractivity contribution < 1.29 is 22.9 Å². The first-order valence-electron chi connectivity index (χ1n) is 5.91. The highest BCUT2D eigenvalue weighted by Crippen LogP contribution is 2.26. The van der Waals surface area contributed by atoms with Crippen LogP contribution in [0.15, 0.2) is 28.9 Å². The van der Waals surface area contributed by atoms with Crippen molar-refractivity contribution in [2.24, 2.45) is 0 Å². The molecule has 1 aromatic heterocycles. The fourth-order valence-electron chi connectivity index (χ4n) is 1.74. The van der Waals surface area contributed by atoms with Gasteiger partial charge in [0.1, 0.15) is 5.75 Å². The molecule has 0 fully saturated rings. The Morgan fingerprint density at radius 3 is 2.71 bits per heavy atom. The lowest BCUT2D eigenvalue weighted by molar-refractivity contribution is -0.0506. The molecular formula is C12H12F2N4O3. The first kappa shape index (κ1) is 14.7. The zero-order valence-electron chi connectivity index (χ0n) is 10.9. The molecular weight excluding hydrogens is 286 g/mol. The van der Waals surface area contributed by atoms with Crippen LogP contribution in [-0.2, 0) is 0 Å². The summed E-state index contributed by atoms with van der Waals surface area (Å²) in [5.41, 5.74) is 5.62. The highest BCUT2D eigenvalue weighted by Gasteiger charge is 2.21. The van der Waals surface area contributed by atoms with Crippen LogP contribution in [0.4, 0.5) is 14.6 Å². The van der Waals surface area contributed by atoms with Gasteiger partial charge in [-0.2, -0.15) is 8.78 Å². The number of ether oxygens (including phenoxy) is 1. The molecule has 21 heavy (non-hydrogen) atoms. The predicted molar refractivity (Wildman–Crippen MR) is 67.7 cm³/mol. The summed E-state index contributed by atoms with van der Waals surface area (Å²) < 4.78 is 33.4. The van der Waals surface area contributed by atoms with Crippen LogP contribution in [0.25, 0.3) is 0 Å². The number of hydrogen-bond donors (Lipinski definition) is 2. The van der Waals surface area contributed by atoms with E-state index in [2.05, 4.69) is 25.0 Å². The Morgan fingerprint density at radius 2 is 2.10 bits per heavy atom. The fourth-order valence-corrected chi connectivity index (χ4v) is 1.74. The van der Waals surface area contributed by atoms with Crippen LogP contribution in [0.5, 0.6) is 5.75 Å². The molecule has 1 amide bonds. The molecule has 9 heteroatoms. The zero-order chi connectivity index (χ0) is 15.4. The first-order valence-corrected chi connectivity index (χ1v) is 5.91. The van der Waals surface area contributed by atoms with Gasteiger partial charge in [0.25, 0.3) is 5.91 Å². The number of carbonyl (C=O) groups excluding carboxylic acids is 1. The number of halogens is 2. The maximum absolute atomic E-state index is 12.3. The summed E-state index contributed by atoms with van der Waals surface area (Å²) in [7, 11) is 0. The van der Waals surface area contributed by atoms with Gasteiger partial charge in [-0.1, -0.05) is 18.2 Å². The number of nitrogens with two attached hydrogens (primary N) is 1. The molecule has 1 aromatic carbocycles. The molecule has 1 heterocycles. The number of nitrogen functional groups attached to an aromatic ring is 1. The summed E-state index contributed by atoms with van der Waals surface area (Å²) in [5.74, 6) is -0.809. The van der Waals surface area contributed by atoms with Gasteiger partial charge in [0.2, 0.25) is 11.5 Å². The molecule has 0 aliphatic heterocycles. The van der Waals surface area contributed by atoms with Gasteiger partial charge in [0.05, 0.1) is 6.04 Å². The second kappa shape index (κ2) is 6.16. The van der Waals surface area contributed by atoms with Gasteiger partial charge in [0, 0.05) is 5.56 Å². The molecule has 0 saturated carbocycles. The maximum Gasteiger partial charge on any atom is 0.387 e. The van der Waals surface area contributed by atoms with Crippen LogP contribution in [0, 0.1) is 0 Å². The Balaban J connectivity index is 2.15. The van der Waals surface area contributed by atoms with Crippen molar-refractivity contribution in [2.45, 2.75) is 19.6 Å². The number of nitrogens with zero attached hydrogens (tertiary/aromatic N) is 2. The minimum atomic E-state index is -2.95. The Kier molecular flexibility index (Phi) is 4.31. The smallest absolute Gasteiger partial charge is 0.387 e. The minimum absolute atomic E-state index is 0.0217. The molecule has 0 radical (unpaired) electrons. The normalized spacial score (nSPS) is 12.2. The summed E-state index contributed by atoms with van der Waals surface area (Å²) in [6.07, 6.45) is 0. The van der Waals surface area contributed by atoms with Crippen molar-refractivity contribution in [3.05, 3.63) is 35.5 Å². The van der Waals surface area contributed by atoms with Crippen LogP contribution in [-0.4, -0.2) is 22.8 Å². The monoisotopic (exact) mass is 298 g/mol. The SMILES string of the molecule is CC(NC(=O)c1nonc1N)c1ccccc1OC(F)F. The van der Waals surface area contributed by atoms with E-state index in [0.29, 0.717) is 5.56 Å². The zero-order valence-corrected chi connectivity index (χ0v) is 10.9. The van der Waals surface area contributed by atoms with Gasteiger partial charge in [-0.15, -0.1) is 0 Å². The van der Waals surface area contributed by atoms with Crippen LogP contribution >= 0.6 is 0 Å². The van der Waals surface area contributed by atoms with E-state index in [4.69, 9.17) is 5.73 Å². The van der Waals surface area contributed by atoms with Crippen LogP contribution < -0.4 is 15.8 Å². The first-order chi connectivity index (χ1) is 9.99. The molecule has 0 bridgehead atoms.